The van der Waals surface area contributed by atoms with Crippen LogP contribution in [0.1, 0.15) is 23.0 Å². The second kappa shape index (κ2) is 8.98. The van der Waals surface area contributed by atoms with Gasteiger partial charge in [0.2, 0.25) is 0 Å². The highest BCUT2D eigenvalue weighted by Gasteiger charge is 2.13. The Bertz CT molecular complexity index is 1080. The number of hydrogen-bond acceptors (Lipinski definition) is 5. The van der Waals surface area contributed by atoms with Crippen LogP contribution in [0.4, 0.5) is 0 Å². The van der Waals surface area contributed by atoms with E-state index >= 15 is 0 Å². The number of methoxy groups -OCH3 is 2. The number of carbonyl (C=O) groups is 1. The second-order valence-electron chi connectivity index (χ2n) is 6.00. The van der Waals surface area contributed by atoms with Crippen LogP contribution in [0.15, 0.2) is 47.6 Å². The fourth-order valence-electron chi connectivity index (χ4n) is 2.59. The van der Waals surface area contributed by atoms with Gasteiger partial charge in [0.05, 0.1) is 30.6 Å². The molecule has 0 aliphatic rings. The number of benzene rings is 2. The molecule has 150 valence electrons. The number of aromatic amines is 1. The zero-order chi connectivity index (χ0) is 21.0. The Balaban J connectivity index is 1.74. The summed E-state index contributed by atoms with van der Waals surface area (Å²) in [6.07, 6.45) is 0. The topological polar surface area (TPSA) is 88.6 Å². The molecule has 0 unspecified atom stereocenters. The number of halogens is 2. The fraction of sp³-hybridized carbons (Fsp3) is 0.150. The van der Waals surface area contributed by atoms with Gasteiger partial charge in [-0.2, -0.15) is 10.2 Å². The first-order valence-electron chi connectivity index (χ1n) is 8.50. The Morgan fingerprint density at radius 2 is 1.83 bits per heavy atom. The maximum absolute atomic E-state index is 12.4. The van der Waals surface area contributed by atoms with Crippen LogP contribution >= 0.6 is 23.2 Å². The van der Waals surface area contributed by atoms with Gasteiger partial charge in [-0.15, -0.1) is 0 Å². The Morgan fingerprint density at radius 1 is 1.07 bits per heavy atom. The largest absolute Gasteiger partial charge is 0.493 e. The Labute approximate surface area is 177 Å². The Morgan fingerprint density at radius 3 is 2.52 bits per heavy atom. The summed E-state index contributed by atoms with van der Waals surface area (Å²) in [5.74, 6) is 0.747. The smallest absolute Gasteiger partial charge is 0.289 e. The number of carbonyl (C=O) groups excluding carboxylic acids is 1. The van der Waals surface area contributed by atoms with Crippen molar-refractivity contribution in [1.29, 1.82) is 0 Å². The maximum Gasteiger partial charge on any atom is 0.289 e. The van der Waals surface area contributed by atoms with Crippen molar-refractivity contribution < 1.29 is 14.3 Å². The van der Waals surface area contributed by atoms with E-state index in [4.69, 9.17) is 32.7 Å². The van der Waals surface area contributed by atoms with Crippen LogP contribution in [-0.4, -0.2) is 36.0 Å². The number of hydrogen-bond donors (Lipinski definition) is 2. The van der Waals surface area contributed by atoms with Crippen LogP contribution in [0, 0.1) is 0 Å². The molecule has 0 saturated heterocycles. The lowest BCUT2D eigenvalue weighted by molar-refractivity contribution is 0.0950. The van der Waals surface area contributed by atoms with E-state index in [-0.39, 0.29) is 5.69 Å². The Kier molecular flexibility index (Phi) is 6.41. The highest BCUT2D eigenvalue weighted by molar-refractivity contribution is 6.36. The molecule has 0 aliphatic heterocycles. The van der Waals surface area contributed by atoms with Crippen molar-refractivity contribution in [3.05, 3.63) is 63.8 Å². The molecule has 0 spiro atoms. The quantitative estimate of drug-likeness (QED) is 0.441. The van der Waals surface area contributed by atoms with Crippen molar-refractivity contribution in [3.8, 4) is 22.8 Å². The van der Waals surface area contributed by atoms with Gasteiger partial charge in [0.15, 0.2) is 11.5 Å². The molecule has 29 heavy (non-hydrogen) atoms. The molecule has 2 aromatic carbocycles. The molecule has 3 rings (SSSR count). The van der Waals surface area contributed by atoms with E-state index in [0.717, 1.165) is 5.56 Å². The highest BCUT2D eigenvalue weighted by Crippen LogP contribution is 2.29. The van der Waals surface area contributed by atoms with E-state index in [0.29, 0.717) is 38.5 Å². The normalized spacial score (nSPS) is 11.3. The number of nitrogens with zero attached hydrogens (tertiary/aromatic N) is 2. The summed E-state index contributed by atoms with van der Waals surface area (Å²) in [6.45, 7) is 1.77. The van der Waals surface area contributed by atoms with Crippen molar-refractivity contribution in [2.45, 2.75) is 6.92 Å². The first-order valence-corrected chi connectivity index (χ1v) is 9.26. The molecule has 0 bridgehead atoms. The number of ether oxygens (including phenoxy) is 2. The van der Waals surface area contributed by atoms with Crippen LogP contribution in [0.25, 0.3) is 11.3 Å². The maximum atomic E-state index is 12.4. The predicted molar refractivity (Wildman–Crippen MR) is 113 cm³/mol. The van der Waals surface area contributed by atoms with Crippen LogP contribution in [0.3, 0.4) is 0 Å². The summed E-state index contributed by atoms with van der Waals surface area (Å²) >= 11 is 12.1. The van der Waals surface area contributed by atoms with Gasteiger partial charge in [-0.05, 0) is 49.4 Å². The first kappa shape index (κ1) is 20.7. The molecular formula is C20H18Cl2N4O3. The monoisotopic (exact) mass is 432 g/mol. The molecule has 0 fully saturated rings. The molecule has 3 aromatic rings. The Hall–Kier alpha value is -3.03. The first-order chi connectivity index (χ1) is 13.9. The average molecular weight is 433 g/mol. The zero-order valence-electron chi connectivity index (χ0n) is 15.9. The summed E-state index contributed by atoms with van der Waals surface area (Å²) < 4.78 is 10.5. The molecule has 1 aromatic heterocycles. The third-order valence-corrected chi connectivity index (χ3v) is 4.70. The van der Waals surface area contributed by atoms with Gasteiger partial charge >= 0.3 is 0 Å². The number of hydrazone groups is 1. The van der Waals surface area contributed by atoms with E-state index in [1.165, 1.54) is 0 Å². The number of amides is 1. The molecular weight excluding hydrogens is 415 g/mol. The van der Waals surface area contributed by atoms with Gasteiger partial charge in [-0.25, -0.2) is 5.43 Å². The van der Waals surface area contributed by atoms with Crippen molar-refractivity contribution in [1.82, 2.24) is 15.6 Å². The van der Waals surface area contributed by atoms with E-state index in [2.05, 4.69) is 20.7 Å². The van der Waals surface area contributed by atoms with Gasteiger partial charge in [-0.1, -0.05) is 23.2 Å². The molecule has 0 atom stereocenters. The molecule has 7 nitrogen and oxygen atoms in total. The van der Waals surface area contributed by atoms with Gasteiger partial charge in [0, 0.05) is 16.1 Å². The minimum Gasteiger partial charge on any atom is -0.493 e. The van der Waals surface area contributed by atoms with Crippen LogP contribution in [-0.2, 0) is 0 Å². The summed E-state index contributed by atoms with van der Waals surface area (Å²) in [7, 11) is 3.12. The van der Waals surface area contributed by atoms with Crippen molar-refractivity contribution in [2.75, 3.05) is 14.2 Å². The number of rotatable bonds is 6. The molecule has 9 heteroatoms. The third-order valence-electron chi connectivity index (χ3n) is 4.16. The van der Waals surface area contributed by atoms with E-state index in [1.54, 1.807) is 57.5 Å². The summed E-state index contributed by atoms with van der Waals surface area (Å²) in [4.78, 5) is 12.4. The zero-order valence-corrected chi connectivity index (χ0v) is 17.4. The molecule has 0 saturated carbocycles. The van der Waals surface area contributed by atoms with Crippen LogP contribution in [0.5, 0.6) is 11.5 Å². The predicted octanol–water partition coefficient (Wildman–Crippen LogP) is 4.55. The summed E-state index contributed by atoms with van der Waals surface area (Å²) in [5, 5.41) is 11.9. The van der Waals surface area contributed by atoms with Crippen molar-refractivity contribution in [2.24, 2.45) is 5.10 Å². The standard InChI is InChI=1S/C20H18Cl2N4O3/c1-11(12-4-7-18(28-2)19(8-12)29-3)23-26-20(27)17-10-16(24-25-17)14-6-5-13(21)9-15(14)22/h4-10H,1-3H3,(H,24,25)(H,26,27). The lowest BCUT2D eigenvalue weighted by Gasteiger charge is -2.09. The fourth-order valence-corrected chi connectivity index (χ4v) is 3.10. The molecule has 0 aliphatic carbocycles. The molecule has 2 N–H and O–H groups in total. The minimum atomic E-state index is -0.436. The number of H-pyrrole nitrogens is 1. The number of aromatic nitrogens is 2. The second-order valence-corrected chi connectivity index (χ2v) is 6.84. The molecule has 1 heterocycles. The number of nitrogens with one attached hydrogen (secondary N) is 2. The van der Waals surface area contributed by atoms with Crippen molar-refractivity contribution >= 4 is 34.8 Å². The lowest BCUT2D eigenvalue weighted by Crippen LogP contribution is -2.19. The van der Waals surface area contributed by atoms with E-state index < -0.39 is 5.91 Å². The van der Waals surface area contributed by atoms with E-state index in [9.17, 15) is 4.79 Å². The van der Waals surface area contributed by atoms with Crippen LogP contribution in [0.2, 0.25) is 10.0 Å². The lowest BCUT2D eigenvalue weighted by atomic mass is 10.1. The van der Waals surface area contributed by atoms with Crippen molar-refractivity contribution in [3.63, 3.8) is 0 Å². The van der Waals surface area contributed by atoms with Crippen LogP contribution < -0.4 is 14.9 Å². The third kappa shape index (κ3) is 4.70. The summed E-state index contributed by atoms with van der Waals surface area (Å²) in [5.41, 5.74) is 5.31. The van der Waals surface area contributed by atoms with Gasteiger partial charge in [-0.3, -0.25) is 9.89 Å². The van der Waals surface area contributed by atoms with Gasteiger partial charge in [0.25, 0.3) is 5.91 Å². The van der Waals surface area contributed by atoms with E-state index in [1.807, 2.05) is 6.07 Å². The molecule has 1 amide bonds. The van der Waals surface area contributed by atoms with Gasteiger partial charge in [0.1, 0.15) is 5.69 Å². The SMILES string of the molecule is COc1ccc(C(C)=NNC(=O)c2cc(-c3ccc(Cl)cc3Cl)n[nH]2)cc1OC. The average Bonchev–Trinajstić information content (AvgIpc) is 3.21. The molecule has 0 radical (unpaired) electrons. The highest BCUT2D eigenvalue weighted by atomic mass is 35.5. The summed E-state index contributed by atoms with van der Waals surface area (Å²) in [6, 6.07) is 12.0. The minimum absolute atomic E-state index is 0.245. The van der Waals surface area contributed by atoms with Gasteiger partial charge < -0.3 is 9.47 Å².